The molecule has 2 N–H and O–H groups in total. The highest BCUT2D eigenvalue weighted by Crippen LogP contribution is 2.25. The normalized spacial score (nSPS) is 11.1. The molecule has 1 heterocycles. The number of methoxy groups -OCH3 is 1. The number of esters is 1. The Balaban J connectivity index is 2.36. The molecule has 106 valence electrons. The van der Waals surface area contributed by atoms with Gasteiger partial charge in [0.05, 0.1) is 35.9 Å². The van der Waals surface area contributed by atoms with Crippen LogP contribution in [0.2, 0.25) is 5.02 Å². The molecule has 2 rings (SSSR count). The molecule has 1 aromatic carbocycles. The second-order valence-electron chi connectivity index (χ2n) is 3.71. The van der Waals surface area contributed by atoms with Crippen molar-refractivity contribution in [1.29, 1.82) is 0 Å². The predicted molar refractivity (Wildman–Crippen MR) is 72.2 cm³/mol. The zero-order valence-corrected chi connectivity index (χ0v) is 11.8. The van der Waals surface area contributed by atoms with Crippen molar-refractivity contribution < 1.29 is 17.9 Å². The van der Waals surface area contributed by atoms with Gasteiger partial charge >= 0.3 is 5.97 Å². The van der Waals surface area contributed by atoms with E-state index in [1.165, 1.54) is 31.6 Å². The van der Waals surface area contributed by atoms with Crippen molar-refractivity contribution in [3.05, 3.63) is 41.3 Å². The van der Waals surface area contributed by atoms with E-state index in [0.29, 0.717) is 0 Å². The molecule has 0 saturated carbocycles. The van der Waals surface area contributed by atoms with Gasteiger partial charge < -0.3 is 9.72 Å². The first-order valence-electron chi connectivity index (χ1n) is 5.33. The van der Waals surface area contributed by atoms with Crippen molar-refractivity contribution in [2.24, 2.45) is 0 Å². The summed E-state index contributed by atoms with van der Waals surface area (Å²) in [6, 6.07) is 4.13. The lowest BCUT2D eigenvalue weighted by Crippen LogP contribution is -2.14. The van der Waals surface area contributed by atoms with Crippen molar-refractivity contribution in [3.63, 3.8) is 0 Å². The van der Waals surface area contributed by atoms with Crippen LogP contribution in [0, 0.1) is 0 Å². The van der Waals surface area contributed by atoms with Gasteiger partial charge in [-0.2, -0.15) is 8.42 Å². The Labute approximate surface area is 120 Å². The number of nitrogens with one attached hydrogen (secondary N) is 2. The number of ether oxygens (including phenoxy) is 1. The summed E-state index contributed by atoms with van der Waals surface area (Å²) < 4.78 is 30.8. The van der Waals surface area contributed by atoms with Crippen molar-refractivity contribution in [2.45, 2.75) is 5.03 Å². The van der Waals surface area contributed by atoms with Crippen molar-refractivity contribution >= 4 is 33.3 Å². The van der Waals surface area contributed by atoms with Gasteiger partial charge in [0, 0.05) is 0 Å². The summed E-state index contributed by atoms with van der Waals surface area (Å²) >= 11 is 5.91. The first-order chi connectivity index (χ1) is 9.44. The highest BCUT2D eigenvalue weighted by molar-refractivity contribution is 7.92. The molecular formula is C11H10ClN3O4S. The molecule has 2 aromatic rings. The van der Waals surface area contributed by atoms with E-state index < -0.39 is 16.0 Å². The van der Waals surface area contributed by atoms with Crippen LogP contribution in [0.4, 0.5) is 5.69 Å². The number of imidazole rings is 1. The quantitative estimate of drug-likeness (QED) is 0.835. The summed E-state index contributed by atoms with van der Waals surface area (Å²) in [6.45, 7) is 0. The highest BCUT2D eigenvalue weighted by Gasteiger charge is 2.18. The van der Waals surface area contributed by atoms with E-state index in [4.69, 9.17) is 11.6 Å². The van der Waals surface area contributed by atoms with Crippen molar-refractivity contribution in [1.82, 2.24) is 9.97 Å². The Hall–Kier alpha value is -2.06. The zero-order chi connectivity index (χ0) is 14.8. The molecule has 20 heavy (non-hydrogen) atoms. The number of nitrogens with zero attached hydrogens (tertiary/aromatic N) is 1. The molecule has 0 fully saturated rings. The van der Waals surface area contributed by atoms with Gasteiger partial charge in [0.1, 0.15) is 0 Å². The monoisotopic (exact) mass is 315 g/mol. The lowest BCUT2D eigenvalue weighted by molar-refractivity contribution is 0.0601. The van der Waals surface area contributed by atoms with Crippen molar-refractivity contribution in [3.8, 4) is 0 Å². The Kier molecular flexibility index (Phi) is 3.96. The Bertz CT molecular complexity index is 728. The SMILES string of the molecule is COC(=O)c1ccc(Cl)c(NS(=O)(=O)c2cnc[nH]2)c1. The maximum absolute atomic E-state index is 12.0. The van der Waals surface area contributed by atoms with Crippen LogP contribution in [0.15, 0.2) is 35.7 Å². The third-order valence-corrected chi connectivity index (χ3v) is 4.01. The van der Waals surface area contributed by atoms with Gasteiger partial charge in [-0.25, -0.2) is 9.78 Å². The predicted octanol–water partition coefficient (Wildman–Crippen LogP) is 1.65. The molecule has 0 saturated heterocycles. The standard InChI is InChI=1S/C11H10ClN3O4S/c1-19-11(16)7-2-3-8(12)9(4-7)15-20(17,18)10-5-13-6-14-10/h2-6,15H,1H3,(H,13,14). The molecule has 0 aliphatic rings. The number of aromatic amines is 1. The Morgan fingerprint density at radius 3 is 2.80 bits per heavy atom. The van der Waals surface area contributed by atoms with E-state index in [-0.39, 0.29) is 21.3 Å². The molecule has 0 amide bonds. The molecule has 0 atom stereocenters. The van der Waals surface area contributed by atoms with Gasteiger partial charge in [0.15, 0.2) is 5.03 Å². The van der Waals surface area contributed by atoms with E-state index in [9.17, 15) is 13.2 Å². The molecule has 0 aliphatic carbocycles. The molecule has 0 spiro atoms. The number of hydrogen-bond acceptors (Lipinski definition) is 5. The maximum atomic E-state index is 12.0. The third kappa shape index (κ3) is 2.91. The second-order valence-corrected chi connectivity index (χ2v) is 5.77. The van der Waals surface area contributed by atoms with E-state index in [1.807, 2.05) is 0 Å². The summed E-state index contributed by atoms with van der Waals surface area (Å²) in [5.41, 5.74) is 0.253. The molecular weight excluding hydrogens is 306 g/mol. The first kappa shape index (κ1) is 14.4. The van der Waals surface area contributed by atoms with Crippen LogP contribution in [-0.2, 0) is 14.8 Å². The maximum Gasteiger partial charge on any atom is 0.337 e. The molecule has 0 radical (unpaired) electrons. The average molecular weight is 316 g/mol. The molecule has 0 bridgehead atoms. The van der Waals surface area contributed by atoms with E-state index in [1.54, 1.807) is 0 Å². The van der Waals surface area contributed by atoms with Crippen LogP contribution in [-0.4, -0.2) is 31.5 Å². The number of H-pyrrole nitrogens is 1. The Morgan fingerprint density at radius 2 is 2.20 bits per heavy atom. The third-order valence-electron chi connectivity index (χ3n) is 2.39. The number of rotatable bonds is 4. The number of carbonyl (C=O) groups is 1. The largest absolute Gasteiger partial charge is 0.465 e. The minimum atomic E-state index is -3.85. The fraction of sp³-hybridized carbons (Fsp3) is 0.0909. The first-order valence-corrected chi connectivity index (χ1v) is 7.19. The molecule has 0 unspecified atom stereocenters. The summed E-state index contributed by atoms with van der Waals surface area (Å²) in [6.07, 6.45) is 2.39. The molecule has 7 nitrogen and oxygen atoms in total. The van der Waals surface area contributed by atoms with E-state index in [2.05, 4.69) is 19.4 Å². The number of benzene rings is 1. The smallest absolute Gasteiger partial charge is 0.337 e. The van der Waals surface area contributed by atoms with Crippen LogP contribution in [0.5, 0.6) is 0 Å². The second kappa shape index (κ2) is 5.51. The molecule has 1 aromatic heterocycles. The van der Waals surface area contributed by atoms with E-state index >= 15 is 0 Å². The van der Waals surface area contributed by atoms with Crippen LogP contribution in [0.3, 0.4) is 0 Å². The van der Waals surface area contributed by atoms with Crippen LogP contribution >= 0.6 is 11.6 Å². The number of aromatic nitrogens is 2. The number of carbonyl (C=O) groups excluding carboxylic acids is 1. The fourth-order valence-electron chi connectivity index (χ4n) is 1.44. The Morgan fingerprint density at radius 1 is 1.45 bits per heavy atom. The lowest BCUT2D eigenvalue weighted by atomic mass is 10.2. The minimum absolute atomic E-state index is 0.0733. The van der Waals surface area contributed by atoms with E-state index in [0.717, 1.165) is 6.20 Å². The number of hydrogen-bond donors (Lipinski definition) is 2. The molecule has 0 aliphatic heterocycles. The van der Waals surface area contributed by atoms with Crippen LogP contribution in [0.25, 0.3) is 0 Å². The summed E-state index contributed by atoms with van der Waals surface area (Å²) in [4.78, 5) is 17.5. The van der Waals surface area contributed by atoms with Gasteiger partial charge in [-0.05, 0) is 18.2 Å². The number of anilines is 1. The minimum Gasteiger partial charge on any atom is -0.465 e. The van der Waals surface area contributed by atoms with Gasteiger partial charge in [-0.15, -0.1) is 0 Å². The fourth-order valence-corrected chi connectivity index (χ4v) is 2.63. The zero-order valence-electron chi connectivity index (χ0n) is 10.3. The number of halogens is 1. The number of sulfonamides is 1. The summed E-state index contributed by atoms with van der Waals surface area (Å²) in [5.74, 6) is -0.594. The van der Waals surface area contributed by atoms with Gasteiger partial charge in [0.2, 0.25) is 0 Å². The lowest BCUT2D eigenvalue weighted by Gasteiger charge is -2.09. The van der Waals surface area contributed by atoms with Gasteiger partial charge in [-0.3, -0.25) is 4.72 Å². The van der Waals surface area contributed by atoms with Crippen molar-refractivity contribution in [2.75, 3.05) is 11.8 Å². The topological polar surface area (TPSA) is 101 Å². The summed E-state index contributed by atoms with van der Waals surface area (Å²) in [7, 11) is -2.62. The summed E-state index contributed by atoms with van der Waals surface area (Å²) in [5, 5.41) is 0.0396. The van der Waals surface area contributed by atoms with Crippen LogP contribution in [0.1, 0.15) is 10.4 Å². The average Bonchev–Trinajstić information content (AvgIpc) is 2.95. The highest BCUT2D eigenvalue weighted by atomic mass is 35.5. The van der Waals surface area contributed by atoms with Gasteiger partial charge in [-0.1, -0.05) is 11.6 Å². The van der Waals surface area contributed by atoms with Gasteiger partial charge in [0.25, 0.3) is 10.0 Å². The van der Waals surface area contributed by atoms with Crippen LogP contribution < -0.4 is 4.72 Å². The molecule has 9 heteroatoms.